The van der Waals surface area contributed by atoms with Gasteiger partial charge in [0, 0.05) is 19.1 Å². The number of anilines is 2. The van der Waals surface area contributed by atoms with E-state index in [9.17, 15) is 18.3 Å². The Balaban J connectivity index is 1.75. The van der Waals surface area contributed by atoms with E-state index in [1.807, 2.05) is 0 Å². The summed E-state index contributed by atoms with van der Waals surface area (Å²) in [6.07, 6.45) is 6.92. The van der Waals surface area contributed by atoms with Crippen molar-refractivity contribution in [1.82, 2.24) is 14.3 Å². The summed E-state index contributed by atoms with van der Waals surface area (Å²) in [5.74, 6) is -0.512. The highest BCUT2D eigenvalue weighted by Crippen LogP contribution is 2.34. The number of nitrogens with zero attached hydrogens (tertiary/aromatic N) is 4. The second kappa shape index (κ2) is 8.82. The molecule has 2 aliphatic rings. The summed E-state index contributed by atoms with van der Waals surface area (Å²) in [6, 6.07) is -0.226. The number of carboxylic acid groups (broad SMARTS) is 1. The number of carbonyl (C=O) groups is 1. The highest BCUT2D eigenvalue weighted by atomic mass is 32.2. The van der Waals surface area contributed by atoms with Crippen LogP contribution in [0.25, 0.3) is 0 Å². The van der Waals surface area contributed by atoms with E-state index in [1.165, 1.54) is 16.8 Å². The molecule has 2 fully saturated rings. The Morgan fingerprint density at radius 2 is 2.03 bits per heavy atom. The first kappa shape index (κ1) is 22.4. The molecule has 1 unspecified atom stereocenters. The second-order valence-electron chi connectivity index (χ2n) is 8.05. The van der Waals surface area contributed by atoms with Gasteiger partial charge in [-0.15, -0.1) is 0 Å². The smallest absolute Gasteiger partial charge is 0.346 e. The first-order valence-corrected chi connectivity index (χ1v) is 11.7. The quantitative estimate of drug-likeness (QED) is 0.450. The lowest BCUT2D eigenvalue weighted by molar-refractivity contribution is -0.128. The third-order valence-corrected chi connectivity index (χ3v) is 6.88. The van der Waals surface area contributed by atoms with Crippen LogP contribution in [-0.2, 0) is 14.8 Å². The monoisotopic (exact) mass is 440 g/mol. The van der Waals surface area contributed by atoms with E-state index >= 15 is 0 Å². The van der Waals surface area contributed by atoms with Crippen molar-refractivity contribution in [2.24, 2.45) is 4.99 Å². The van der Waals surface area contributed by atoms with Crippen molar-refractivity contribution < 1.29 is 23.4 Å². The van der Waals surface area contributed by atoms with Gasteiger partial charge in [0.05, 0.1) is 24.1 Å². The minimum atomic E-state index is -3.20. The maximum absolute atomic E-state index is 11.7. The van der Waals surface area contributed by atoms with Crippen molar-refractivity contribution in [2.75, 3.05) is 30.0 Å². The molecule has 0 bridgehead atoms. The first-order chi connectivity index (χ1) is 14.0. The van der Waals surface area contributed by atoms with Gasteiger partial charge in [-0.3, -0.25) is 0 Å². The van der Waals surface area contributed by atoms with Crippen LogP contribution in [0.3, 0.4) is 0 Å². The fourth-order valence-corrected chi connectivity index (χ4v) is 4.70. The molecule has 3 rings (SSSR count). The highest BCUT2D eigenvalue weighted by molar-refractivity contribution is 7.88. The number of aliphatic carboxylic acids is 1. The molecule has 30 heavy (non-hydrogen) atoms. The van der Waals surface area contributed by atoms with Gasteiger partial charge in [-0.2, -0.15) is 4.98 Å². The van der Waals surface area contributed by atoms with Gasteiger partial charge in [-0.05, 0) is 39.0 Å². The predicted octanol–water partition coefficient (Wildman–Crippen LogP) is 0.815. The molecule has 1 aromatic heterocycles. The van der Waals surface area contributed by atoms with E-state index in [2.05, 4.69) is 25.6 Å². The summed E-state index contributed by atoms with van der Waals surface area (Å²) in [5, 5.41) is 25.8. The van der Waals surface area contributed by atoms with E-state index in [4.69, 9.17) is 5.11 Å². The van der Waals surface area contributed by atoms with E-state index in [1.54, 1.807) is 6.92 Å². The number of rotatable bonds is 7. The molecule has 0 amide bonds. The normalized spacial score (nSPS) is 26.2. The van der Waals surface area contributed by atoms with Crippen molar-refractivity contribution in [2.45, 2.75) is 56.7 Å². The zero-order valence-electron chi connectivity index (χ0n) is 17.1. The second-order valence-corrected chi connectivity index (χ2v) is 10.0. The number of hydrogen-bond acceptors (Lipinski definition) is 9. The number of hydrogen-bond donors (Lipinski definition) is 4. The van der Waals surface area contributed by atoms with Crippen molar-refractivity contribution >= 4 is 39.7 Å². The average Bonchev–Trinajstić information content (AvgIpc) is 2.99. The highest BCUT2D eigenvalue weighted by Gasteiger charge is 2.37. The molecule has 12 heteroatoms. The number of aliphatic hydroxyl groups is 1. The van der Waals surface area contributed by atoms with Gasteiger partial charge in [0.1, 0.15) is 11.9 Å². The number of sulfonamides is 1. The predicted molar refractivity (Wildman–Crippen MR) is 113 cm³/mol. The summed E-state index contributed by atoms with van der Waals surface area (Å²) >= 11 is 0. The Morgan fingerprint density at radius 3 is 2.60 bits per heavy atom. The number of aromatic nitrogens is 2. The van der Waals surface area contributed by atoms with Gasteiger partial charge in [0.15, 0.2) is 5.82 Å². The van der Waals surface area contributed by atoms with Crippen molar-refractivity contribution in [3.8, 4) is 0 Å². The summed E-state index contributed by atoms with van der Waals surface area (Å²) in [7, 11) is -3.20. The van der Waals surface area contributed by atoms with Gasteiger partial charge in [-0.25, -0.2) is 27.5 Å². The summed E-state index contributed by atoms with van der Waals surface area (Å²) < 4.78 is 24.8. The fourth-order valence-electron chi connectivity index (χ4n) is 3.83. The van der Waals surface area contributed by atoms with Gasteiger partial charge < -0.3 is 20.8 Å². The maximum atomic E-state index is 11.7. The summed E-state index contributed by atoms with van der Waals surface area (Å²) in [6.45, 7) is 2.61. The molecule has 166 valence electrons. The van der Waals surface area contributed by atoms with Crippen molar-refractivity contribution in [1.29, 1.82) is 0 Å². The third kappa shape index (κ3) is 5.64. The average molecular weight is 441 g/mol. The zero-order valence-corrected chi connectivity index (χ0v) is 17.9. The lowest BCUT2D eigenvalue weighted by Gasteiger charge is -2.31. The van der Waals surface area contributed by atoms with Crippen LogP contribution in [0, 0.1) is 0 Å². The number of nitrogens with one attached hydrogen (secondary N) is 2. The summed E-state index contributed by atoms with van der Waals surface area (Å²) in [4.78, 5) is 23.5. The molecule has 0 aromatic carbocycles. The van der Waals surface area contributed by atoms with E-state index in [0.29, 0.717) is 44.1 Å². The molecule has 11 nitrogen and oxygen atoms in total. The van der Waals surface area contributed by atoms with Gasteiger partial charge in [-0.1, -0.05) is 0 Å². The Kier molecular flexibility index (Phi) is 6.58. The van der Waals surface area contributed by atoms with Crippen LogP contribution in [0.2, 0.25) is 0 Å². The van der Waals surface area contributed by atoms with Crippen molar-refractivity contribution in [3.63, 3.8) is 0 Å². The molecule has 1 aliphatic carbocycles. The van der Waals surface area contributed by atoms with E-state index < -0.39 is 21.6 Å². The van der Waals surface area contributed by atoms with Crippen LogP contribution in [0.15, 0.2) is 11.2 Å². The van der Waals surface area contributed by atoms with Crippen LogP contribution in [-0.4, -0.2) is 82.1 Å². The molecule has 1 saturated heterocycles. The lowest BCUT2D eigenvalue weighted by atomic mass is 10.0. The standard InChI is InChI=1S/C18H28N6O5S/c1-18(27)7-3-4-14(18)22-16-13(19-11-15(25)26)10-20-17(23-16)21-12-5-8-24(9-6-12)30(2,28)29/h10-12,14,27H,3-9H2,1-2H3,(H,25,26)(H2,20,21,22,23)/t14?,18-/m1/s1. The van der Waals surface area contributed by atoms with Crippen LogP contribution in [0.4, 0.5) is 17.5 Å². The van der Waals surface area contributed by atoms with Gasteiger partial charge >= 0.3 is 5.97 Å². The van der Waals surface area contributed by atoms with E-state index in [0.717, 1.165) is 19.1 Å². The molecule has 2 atom stereocenters. The van der Waals surface area contributed by atoms with Crippen molar-refractivity contribution in [3.05, 3.63) is 6.20 Å². The minimum absolute atomic E-state index is 0.0128. The minimum Gasteiger partial charge on any atom is -0.477 e. The molecule has 0 radical (unpaired) electrons. The molecule has 2 heterocycles. The maximum Gasteiger partial charge on any atom is 0.346 e. The SMILES string of the molecule is C[C@@]1(O)CCCC1Nc1nc(NC2CCN(S(C)(=O)=O)CC2)ncc1N=CC(=O)O. The van der Waals surface area contributed by atoms with Crippen LogP contribution in [0.1, 0.15) is 39.0 Å². The Hall–Kier alpha value is -2.31. The largest absolute Gasteiger partial charge is 0.477 e. The Morgan fingerprint density at radius 1 is 1.33 bits per heavy atom. The zero-order chi connectivity index (χ0) is 21.9. The van der Waals surface area contributed by atoms with E-state index in [-0.39, 0.29) is 17.8 Å². The van der Waals surface area contributed by atoms with Crippen LogP contribution >= 0.6 is 0 Å². The molecule has 1 saturated carbocycles. The van der Waals surface area contributed by atoms with Gasteiger partial charge in [0.2, 0.25) is 16.0 Å². The molecule has 1 aromatic rings. The Bertz CT molecular complexity index is 912. The topological polar surface area (TPSA) is 157 Å². The third-order valence-electron chi connectivity index (χ3n) is 5.58. The summed E-state index contributed by atoms with van der Waals surface area (Å²) in [5.41, 5.74) is -0.636. The number of aliphatic imine (C=N–C) groups is 1. The lowest BCUT2D eigenvalue weighted by Crippen LogP contribution is -2.42. The number of piperidine rings is 1. The molecule has 4 N–H and O–H groups in total. The van der Waals surface area contributed by atoms with Crippen LogP contribution < -0.4 is 10.6 Å². The molecular weight excluding hydrogens is 412 g/mol. The van der Waals surface area contributed by atoms with Crippen LogP contribution in [0.5, 0.6) is 0 Å². The Labute approximate surface area is 175 Å². The number of carboxylic acids is 1. The molecule has 0 spiro atoms. The molecular formula is C18H28N6O5S. The van der Waals surface area contributed by atoms with Gasteiger partial charge in [0.25, 0.3) is 0 Å². The fraction of sp³-hybridized carbons (Fsp3) is 0.667. The molecule has 1 aliphatic heterocycles. The first-order valence-electron chi connectivity index (χ1n) is 9.89.